The molecule has 1 aliphatic heterocycles. The van der Waals surface area contributed by atoms with E-state index in [0.29, 0.717) is 48.1 Å². The van der Waals surface area contributed by atoms with E-state index >= 15 is 0 Å². The summed E-state index contributed by atoms with van der Waals surface area (Å²) in [4.78, 5) is 15.2. The first-order chi connectivity index (χ1) is 12.7. The van der Waals surface area contributed by atoms with Gasteiger partial charge < -0.3 is 14.4 Å². The first-order valence-corrected chi connectivity index (χ1v) is 9.34. The summed E-state index contributed by atoms with van der Waals surface area (Å²) in [7, 11) is 0. The van der Waals surface area contributed by atoms with Crippen LogP contribution in [0.2, 0.25) is 0 Å². The number of para-hydroxylation sites is 1. The lowest BCUT2D eigenvalue weighted by atomic mass is 10.1. The molecule has 4 rings (SSSR count). The number of ether oxygens (including phenoxy) is 2. The molecule has 0 radical (unpaired) electrons. The van der Waals surface area contributed by atoms with Gasteiger partial charge in [0.2, 0.25) is 0 Å². The highest BCUT2D eigenvalue weighted by atomic mass is 32.1. The van der Waals surface area contributed by atoms with Crippen molar-refractivity contribution in [1.29, 1.82) is 0 Å². The molecule has 0 spiro atoms. The van der Waals surface area contributed by atoms with Crippen LogP contribution in [0.1, 0.15) is 22.2 Å². The van der Waals surface area contributed by atoms with Gasteiger partial charge in [-0.25, -0.2) is 4.39 Å². The van der Waals surface area contributed by atoms with E-state index in [4.69, 9.17) is 9.47 Å². The summed E-state index contributed by atoms with van der Waals surface area (Å²) in [5, 5.41) is 0.491. The highest BCUT2D eigenvalue weighted by Crippen LogP contribution is 2.35. The summed E-state index contributed by atoms with van der Waals surface area (Å²) in [5.74, 6) is 1.000. The molecule has 0 atom stereocenters. The second kappa shape index (κ2) is 6.96. The number of fused-ring (bicyclic) bond motifs is 2. The summed E-state index contributed by atoms with van der Waals surface area (Å²) in [6.07, 6.45) is 0. The third kappa shape index (κ3) is 3.01. The third-order valence-corrected chi connectivity index (χ3v) is 5.49. The number of benzene rings is 2. The Hall–Kier alpha value is -2.60. The Morgan fingerprint density at radius 1 is 1.19 bits per heavy atom. The number of halogens is 1. The normalized spacial score (nSPS) is 13.0. The fourth-order valence-electron chi connectivity index (χ4n) is 3.08. The van der Waals surface area contributed by atoms with Crippen molar-refractivity contribution in [3.63, 3.8) is 0 Å². The molecule has 1 amide bonds. The Bertz CT molecular complexity index is 969. The van der Waals surface area contributed by atoms with Crippen LogP contribution in [0.25, 0.3) is 10.1 Å². The zero-order valence-corrected chi connectivity index (χ0v) is 15.1. The van der Waals surface area contributed by atoms with Crippen LogP contribution in [-0.4, -0.2) is 30.6 Å². The molecule has 2 heterocycles. The van der Waals surface area contributed by atoms with E-state index in [9.17, 15) is 9.18 Å². The number of hydrogen-bond acceptors (Lipinski definition) is 4. The average molecular weight is 371 g/mol. The molecular formula is C20H18FNO3S. The Labute approximate surface area is 154 Å². The first kappa shape index (κ1) is 16.8. The first-order valence-electron chi connectivity index (χ1n) is 8.52. The lowest BCUT2D eigenvalue weighted by molar-refractivity contribution is 0.0754. The van der Waals surface area contributed by atoms with Crippen LogP contribution in [0.3, 0.4) is 0 Å². The largest absolute Gasteiger partial charge is 0.486 e. The number of nitrogens with zero attached hydrogens (tertiary/aromatic N) is 1. The van der Waals surface area contributed by atoms with Crippen LogP contribution in [0, 0.1) is 5.82 Å². The average Bonchev–Trinajstić information content (AvgIpc) is 3.11. The standard InChI is InChI=1S/C20H18FNO3S/c1-2-22(12-13-5-3-7-16-19(13)25-10-9-24-16)20(23)18-11-14-15(21)6-4-8-17(14)26-18/h3-8,11H,2,9-10,12H2,1H3. The topological polar surface area (TPSA) is 38.8 Å². The van der Waals surface area contributed by atoms with Crippen molar-refractivity contribution in [3.8, 4) is 11.5 Å². The van der Waals surface area contributed by atoms with Crippen molar-refractivity contribution in [2.45, 2.75) is 13.5 Å². The third-order valence-electron chi connectivity index (χ3n) is 4.40. The van der Waals surface area contributed by atoms with Gasteiger partial charge in [-0.1, -0.05) is 18.2 Å². The minimum atomic E-state index is -0.302. The van der Waals surface area contributed by atoms with E-state index < -0.39 is 0 Å². The monoisotopic (exact) mass is 371 g/mol. The highest BCUT2D eigenvalue weighted by Gasteiger charge is 2.22. The van der Waals surface area contributed by atoms with Gasteiger partial charge in [-0.3, -0.25) is 4.79 Å². The fraction of sp³-hybridized carbons (Fsp3) is 0.250. The number of thiophene rings is 1. The minimum absolute atomic E-state index is 0.109. The maximum absolute atomic E-state index is 13.9. The summed E-state index contributed by atoms with van der Waals surface area (Å²) in [6.45, 7) is 3.91. The predicted octanol–water partition coefficient (Wildman–Crippen LogP) is 4.47. The summed E-state index contributed by atoms with van der Waals surface area (Å²) in [5.41, 5.74) is 0.907. The number of rotatable bonds is 4. The molecule has 4 nitrogen and oxygen atoms in total. The molecule has 0 saturated heterocycles. The molecule has 26 heavy (non-hydrogen) atoms. The molecule has 0 saturated carbocycles. The van der Waals surface area contributed by atoms with Gasteiger partial charge in [-0.05, 0) is 31.2 Å². The Morgan fingerprint density at radius 2 is 2.00 bits per heavy atom. The van der Waals surface area contributed by atoms with Crippen molar-refractivity contribution >= 4 is 27.3 Å². The van der Waals surface area contributed by atoms with Gasteiger partial charge in [0.25, 0.3) is 5.91 Å². The van der Waals surface area contributed by atoms with Gasteiger partial charge >= 0.3 is 0 Å². The van der Waals surface area contributed by atoms with Crippen molar-refractivity contribution < 1.29 is 18.7 Å². The molecule has 0 unspecified atom stereocenters. The lowest BCUT2D eigenvalue weighted by Crippen LogP contribution is -2.30. The summed E-state index contributed by atoms with van der Waals surface area (Å²) >= 11 is 1.32. The van der Waals surface area contributed by atoms with E-state index in [1.807, 2.05) is 31.2 Å². The number of hydrogen-bond donors (Lipinski definition) is 0. The molecule has 1 aliphatic rings. The maximum atomic E-state index is 13.9. The maximum Gasteiger partial charge on any atom is 0.264 e. The van der Waals surface area contributed by atoms with Crippen LogP contribution in [-0.2, 0) is 6.54 Å². The summed E-state index contributed by atoms with van der Waals surface area (Å²) < 4.78 is 26.1. The Morgan fingerprint density at radius 3 is 2.81 bits per heavy atom. The molecule has 3 aromatic rings. The number of carbonyl (C=O) groups is 1. The number of amides is 1. The fourth-order valence-corrected chi connectivity index (χ4v) is 4.12. The molecule has 0 fully saturated rings. The zero-order chi connectivity index (χ0) is 18.1. The Kier molecular flexibility index (Phi) is 4.51. The van der Waals surface area contributed by atoms with E-state index in [2.05, 4.69) is 0 Å². The summed E-state index contributed by atoms with van der Waals surface area (Å²) in [6, 6.07) is 12.2. The van der Waals surface area contributed by atoms with E-state index in [-0.39, 0.29) is 11.7 Å². The quantitative estimate of drug-likeness (QED) is 0.679. The molecular weight excluding hydrogens is 353 g/mol. The zero-order valence-electron chi connectivity index (χ0n) is 14.3. The van der Waals surface area contributed by atoms with E-state index in [1.165, 1.54) is 17.4 Å². The molecule has 1 aromatic heterocycles. The van der Waals surface area contributed by atoms with Gasteiger partial charge in [0, 0.05) is 28.7 Å². The molecule has 0 bridgehead atoms. The van der Waals surface area contributed by atoms with Crippen molar-refractivity contribution in [2.75, 3.05) is 19.8 Å². The smallest absolute Gasteiger partial charge is 0.264 e. The van der Waals surface area contributed by atoms with Crippen LogP contribution in [0.5, 0.6) is 11.5 Å². The van der Waals surface area contributed by atoms with Crippen molar-refractivity contribution in [1.82, 2.24) is 4.90 Å². The predicted molar refractivity (Wildman–Crippen MR) is 99.6 cm³/mol. The molecule has 0 aliphatic carbocycles. The second-order valence-corrected chi connectivity index (χ2v) is 7.11. The van der Waals surface area contributed by atoms with Crippen LogP contribution < -0.4 is 9.47 Å². The molecule has 2 aromatic carbocycles. The van der Waals surface area contributed by atoms with Gasteiger partial charge in [-0.15, -0.1) is 11.3 Å². The minimum Gasteiger partial charge on any atom is -0.486 e. The Balaban J connectivity index is 1.62. The highest BCUT2D eigenvalue weighted by molar-refractivity contribution is 7.20. The second-order valence-electron chi connectivity index (χ2n) is 6.02. The number of carbonyl (C=O) groups excluding carboxylic acids is 1. The van der Waals surface area contributed by atoms with Crippen LogP contribution >= 0.6 is 11.3 Å². The van der Waals surface area contributed by atoms with Gasteiger partial charge in [0.05, 0.1) is 4.88 Å². The van der Waals surface area contributed by atoms with Gasteiger partial charge in [0.15, 0.2) is 11.5 Å². The van der Waals surface area contributed by atoms with Crippen molar-refractivity contribution in [3.05, 3.63) is 58.7 Å². The van der Waals surface area contributed by atoms with Gasteiger partial charge in [-0.2, -0.15) is 0 Å². The molecule has 134 valence electrons. The molecule has 0 N–H and O–H groups in total. The lowest BCUT2D eigenvalue weighted by Gasteiger charge is -2.25. The van der Waals surface area contributed by atoms with Crippen LogP contribution in [0.4, 0.5) is 4.39 Å². The van der Waals surface area contributed by atoms with Crippen molar-refractivity contribution in [2.24, 2.45) is 0 Å². The van der Waals surface area contributed by atoms with Gasteiger partial charge in [0.1, 0.15) is 19.0 Å². The van der Waals surface area contributed by atoms with E-state index in [1.54, 1.807) is 17.0 Å². The molecule has 6 heteroatoms. The SMILES string of the molecule is CCN(Cc1cccc2c1OCCO2)C(=O)c1cc2c(F)cccc2s1. The van der Waals surface area contributed by atoms with E-state index in [0.717, 1.165) is 10.3 Å². The van der Waals surface area contributed by atoms with Crippen LogP contribution in [0.15, 0.2) is 42.5 Å².